The molecule has 0 aliphatic rings. The maximum Gasteiger partial charge on any atom is 0.310 e. The summed E-state index contributed by atoms with van der Waals surface area (Å²) in [5.74, 6) is -0.505. The Morgan fingerprint density at radius 1 is 0.841 bits per heavy atom. The summed E-state index contributed by atoms with van der Waals surface area (Å²) in [4.78, 5) is 41.8. The first-order valence-corrected chi connectivity index (χ1v) is 14.7. The number of ether oxygens (including phenoxy) is 2. The molecular formula is C36H33ClN2O5. The lowest BCUT2D eigenvalue weighted by Gasteiger charge is -2.23. The maximum absolute atomic E-state index is 13.6. The number of benzene rings is 4. The molecule has 0 fully saturated rings. The number of nitrogens with zero attached hydrogens (tertiary/aromatic N) is 2. The number of amides is 1. The van der Waals surface area contributed by atoms with Crippen molar-refractivity contribution in [1.82, 2.24) is 9.47 Å². The quantitative estimate of drug-likeness (QED) is 0.157. The Labute approximate surface area is 261 Å². The van der Waals surface area contributed by atoms with E-state index in [-0.39, 0.29) is 24.8 Å². The average molecular weight is 609 g/mol. The van der Waals surface area contributed by atoms with Gasteiger partial charge in [-0.25, -0.2) is 0 Å². The first-order chi connectivity index (χ1) is 21.3. The van der Waals surface area contributed by atoms with Crippen molar-refractivity contribution in [2.45, 2.75) is 26.3 Å². The molecule has 0 aliphatic carbocycles. The van der Waals surface area contributed by atoms with E-state index in [1.807, 2.05) is 60.7 Å². The van der Waals surface area contributed by atoms with Crippen molar-refractivity contribution in [3.63, 3.8) is 0 Å². The van der Waals surface area contributed by atoms with Gasteiger partial charge in [0.05, 0.1) is 19.0 Å². The smallest absolute Gasteiger partial charge is 0.310 e. The van der Waals surface area contributed by atoms with Crippen LogP contribution in [0.5, 0.6) is 5.75 Å². The summed E-state index contributed by atoms with van der Waals surface area (Å²) in [6.45, 7) is 2.29. The van der Waals surface area contributed by atoms with E-state index in [0.29, 0.717) is 58.0 Å². The van der Waals surface area contributed by atoms with Gasteiger partial charge in [-0.2, -0.15) is 0 Å². The molecule has 0 radical (unpaired) electrons. The van der Waals surface area contributed by atoms with Crippen molar-refractivity contribution >= 4 is 40.3 Å². The number of carbonyl (C=O) groups is 3. The summed E-state index contributed by atoms with van der Waals surface area (Å²) in [5.41, 5.74) is 4.43. The fraction of sp³-hybridized carbons (Fsp3) is 0.194. The number of fused-ring (bicyclic) bond motifs is 1. The molecule has 224 valence electrons. The average Bonchev–Trinajstić information content (AvgIpc) is 3.32. The van der Waals surface area contributed by atoms with Crippen molar-refractivity contribution in [3.05, 3.63) is 136 Å². The van der Waals surface area contributed by atoms with Crippen LogP contribution in [0, 0.1) is 6.92 Å². The number of aromatic nitrogens is 1. The molecule has 0 unspecified atom stereocenters. The number of hydrogen-bond donors (Lipinski definition) is 0. The fourth-order valence-electron chi connectivity index (χ4n) is 5.23. The molecule has 4 aromatic carbocycles. The van der Waals surface area contributed by atoms with Crippen LogP contribution < -0.4 is 4.74 Å². The lowest BCUT2D eigenvalue weighted by Crippen LogP contribution is -2.36. The van der Waals surface area contributed by atoms with Crippen molar-refractivity contribution in [1.29, 1.82) is 0 Å². The van der Waals surface area contributed by atoms with Gasteiger partial charge in [-0.3, -0.25) is 19.0 Å². The number of rotatable bonds is 11. The van der Waals surface area contributed by atoms with Crippen LogP contribution in [0.1, 0.15) is 32.7 Å². The van der Waals surface area contributed by atoms with E-state index in [4.69, 9.17) is 21.1 Å². The zero-order chi connectivity index (χ0) is 31.1. The van der Waals surface area contributed by atoms with Crippen LogP contribution in [-0.2, 0) is 33.7 Å². The van der Waals surface area contributed by atoms with Crippen LogP contribution in [0.3, 0.4) is 0 Å². The minimum Gasteiger partial charge on any atom is -0.497 e. The number of methoxy groups -OCH3 is 1. The normalized spacial score (nSPS) is 10.9. The van der Waals surface area contributed by atoms with Crippen LogP contribution in [0.4, 0.5) is 0 Å². The summed E-state index contributed by atoms with van der Waals surface area (Å²) in [5, 5.41) is 1.22. The highest BCUT2D eigenvalue weighted by Gasteiger charge is 2.23. The first kappa shape index (κ1) is 30.6. The van der Waals surface area contributed by atoms with Crippen LogP contribution in [0.15, 0.2) is 103 Å². The Hall–Kier alpha value is -4.88. The predicted molar refractivity (Wildman–Crippen MR) is 171 cm³/mol. The molecule has 8 heteroatoms. The maximum atomic E-state index is 13.6. The molecule has 0 atom stereocenters. The van der Waals surface area contributed by atoms with Gasteiger partial charge in [-0.15, -0.1) is 0 Å². The van der Waals surface area contributed by atoms with Crippen molar-refractivity contribution < 1.29 is 23.9 Å². The molecule has 0 aliphatic heterocycles. The molecule has 44 heavy (non-hydrogen) atoms. The van der Waals surface area contributed by atoms with E-state index in [0.717, 1.165) is 11.1 Å². The van der Waals surface area contributed by atoms with Gasteiger partial charge in [0.15, 0.2) is 6.61 Å². The molecule has 0 spiro atoms. The van der Waals surface area contributed by atoms with E-state index >= 15 is 0 Å². The second kappa shape index (κ2) is 14.1. The van der Waals surface area contributed by atoms with Crippen molar-refractivity contribution in [2.24, 2.45) is 0 Å². The standard InChI is InChI=1S/C36H33ClN2O5/c1-25-31(32-21-30(43-2)17-18-33(32)39(25)36(42)28-13-15-29(37)16-14-28)22-35(41)44-24-34(40)38(23-27-11-7-4-8-12-27)20-19-26-9-5-3-6-10-26/h3-18,21H,19-20,22-24H2,1-2H3. The van der Waals surface area contributed by atoms with Gasteiger partial charge in [-0.05, 0) is 72.5 Å². The third kappa shape index (κ3) is 7.18. The Morgan fingerprint density at radius 2 is 1.50 bits per heavy atom. The van der Waals surface area contributed by atoms with Crippen molar-refractivity contribution in [2.75, 3.05) is 20.3 Å². The summed E-state index contributed by atoms with van der Waals surface area (Å²) < 4.78 is 12.5. The minimum atomic E-state index is -0.565. The summed E-state index contributed by atoms with van der Waals surface area (Å²) in [6.07, 6.45) is 0.557. The zero-order valence-electron chi connectivity index (χ0n) is 24.7. The molecule has 1 amide bonds. The highest BCUT2D eigenvalue weighted by atomic mass is 35.5. The second-order valence-corrected chi connectivity index (χ2v) is 10.9. The zero-order valence-corrected chi connectivity index (χ0v) is 25.4. The second-order valence-electron chi connectivity index (χ2n) is 10.5. The Morgan fingerprint density at radius 3 is 2.16 bits per heavy atom. The number of esters is 1. The Balaban J connectivity index is 1.33. The van der Waals surface area contributed by atoms with Crippen LogP contribution in [-0.4, -0.2) is 47.5 Å². The van der Waals surface area contributed by atoms with Crippen molar-refractivity contribution in [3.8, 4) is 5.75 Å². The lowest BCUT2D eigenvalue weighted by atomic mass is 10.1. The third-order valence-electron chi connectivity index (χ3n) is 7.60. The molecule has 1 heterocycles. The lowest BCUT2D eigenvalue weighted by molar-refractivity contribution is -0.151. The van der Waals surface area contributed by atoms with E-state index in [2.05, 4.69) is 0 Å². The molecule has 5 aromatic rings. The van der Waals surface area contributed by atoms with E-state index < -0.39 is 5.97 Å². The van der Waals surface area contributed by atoms with Gasteiger partial charge < -0.3 is 14.4 Å². The number of carbonyl (C=O) groups excluding carboxylic acids is 3. The minimum absolute atomic E-state index is 0.119. The molecule has 0 saturated heterocycles. The Kier molecular flexibility index (Phi) is 9.77. The highest BCUT2D eigenvalue weighted by molar-refractivity contribution is 6.30. The van der Waals surface area contributed by atoms with Gasteiger partial charge in [0.25, 0.3) is 11.8 Å². The SMILES string of the molecule is COc1ccc2c(c1)c(CC(=O)OCC(=O)N(CCc1ccccc1)Cc1ccccc1)c(C)n2C(=O)c1ccc(Cl)cc1. The molecular weight excluding hydrogens is 576 g/mol. The van der Waals surface area contributed by atoms with Gasteiger partial charge in [0, 0.05) is 34.8 Å². The molecule has 5 rings (SSSR count). The largest absolute Gasteiger partial charge is 0.497 e. The van der Waals surface area contributed by atoms with Gasteiger partial charge in [0.1, 0.15) is 5.75 Å². The summed E-state index contributed by atoms with van der Waals surface area (Å²) in [6, 6.07) is 31.7. The third-order valence-corrected chi connectivity index (χ3v) is 7.85. The molecule has 0 saturated carbocycles. The number of halogens is 1. The molecule has 1 aromatic heterocycles. The van der Waals surface area contributed by atoms with Gasteiger partial charge in [0.2, 0.25) is 0 Å². The topological polar surface area (TPSA) is 77.8 Å². The monoisotopic (exact) mass is 608 g/mol. The molecule has 7 nitrogen and oxygen atoms in total. The van der Waals surface area contributed by atoms with E-state index in [1.165, 1.54) is 0 Å². The summed E-state index contributed by atoms with van der Waals surface area (Å²) >= 11 is 6.03. The molecule has 0 N–H and O–H groups in total. The summed E-state index contributed by atoms with van der Waals surface area (Å²) in [7, 11) is 1.56. The predicted octanol–water partition coefficient (Wildman–Crippen LogP) is 6.66. The van der Waals surface area contributed by atoms with Crippen LogP contribution >= 0.6 is 11.6 Å². The van der Waals surface area contributed by atoms with E-state index in [9.17, 15) is 14.4 Å². The highest BCUT2D eigenvalue weighted by Crippen LogP contribution is 2.31. The van der Waals surface area contributed by atoms with Gasteiger partial charge >= 0.3 is 5.97 Å². The van der Waals surface area contributed by atoms with Gasteiger partial charge in [-0.1, -0.05) is 72.3 Å². The first-order valence-electron chi connectivity index (χ1n) is 14.3. The molecule has 0 bridgehead atoms. The number of hydrogen-bond acceptors (Lipinski definition) is 5. The van der Waals surface area contributed by atoms with Crippen LogP contribution in [0.2, 0.25) is 5.02 Å². The Bertz CT molecular complexity index is 1770. The fourth-order valence-corrected chi connectivity index (χ4v) is 5.36. The van der Waals surface area contributed by atoms with E-state index in [1.54, 1.807) is 66.0 Å². The van der Waals surface area contributed by atoms with Crippen LogP contribution in [0.25, 0.3) is 10.9 Å².